The highest BCUT2D eigenvalue weighted by Crippen LogP contribution is 2.36. The molecule has 0 aliphatic carbocycles. The lowest BCUT2D eigenvalue weighted by molar-refractivity contribution is -0.138. The second-order valence-electron chi connectivity index (χ2n) is 7.33. The lowest BCUT2D eigenvalue weighted by Gasteiger charge is -2.14. The fourth-order valence-corrected chi connectivity index (χ4v) is 3.23. The molecule has 35 heavy (non-hydrogen) atoms. The van der Waals surface area contributed by atoms with Gasteiger partial charge in [0.25, 0.3) is 0 Å². The Kier molecular flexibility index (Phi) is 5.79. The van der Waals surface area contributed by atoms with E-state index in [1.165, 1.54) is 12.1 Å². The summed E-state index contributed by atoms with van der Waals surface area (Å²) in [6.07, 6.45) is -8.35. The fourth-order valence-electron chi connectivity index (χ4n) is 3.23. The highest BCUT2D eigenvalue weighted by atomic mass is 19.4. The van der Waals surface area contributed by atoms with Crippen LogP contribution in [0.5, 0.6) is 0 Å². The molecule has 0 saturated carbocycles. The molecule has 3 heterocycles. The third-order valence-electron chi connectivity index (χ3n) is 4.80. The molecule has 0 amide bonds. The lowest BCUT2D eigenvalue weighted by atomic mass is 10.1. The number of aromatic carboxylic acids is 1. The maximum Gasteiger partial charge on any atom is 0.418 e. The molecule has 0 aliphatic heterocycles. The standard InChI is InChI=1S/C22H13F6N5O2/c1-10-8-15(31-12-4-2-11(3-5-12)21(23,24)25)18-19(30-10)33-16(9-29-18)17-13(22(26,27)28)6-7-14(32-17)20(34)35/h2-9H,1H3,(H,34,35)(H,30,31,33). The Bertz CT molecular complexity index is 1440. The van der Waals surface area contributed by atoms with E-state index in [9.17, 15) is 31.1 Å². The Hall–Kier alpha value is -4.29. The van der Waals surface area contributed by atoms with Crippen LogP contribution < -0.4 is 5.32 Å². The number of hydrogen-bond acceptors (Lipinski definition) is 6. The number of nitrogens with one attached hydrogen (secondary N) is 1. The van der Waals surface area contributed by atoms with Crippen LogP contribution in [-0.4, -0.2) is 31.0 Å². The number of hydrogen-bond donors (Lipinski definition) is 2. The Labute approximate surface area is 192 Å². The van der Waals surface area contributed by atoms with Crippen LogP contribution in [0, 0.1) is 6.92 Å². The van der Waals surface area contributed by atoms with Crippen molar-refractivity contribution in [2.24, 2.45) is 0 Å². The van der Waals surface area contributed by atoms with E-state index in [1.807, 2.05) is 0 Å². The quantitative estimate of drug-likeness (QED) is 0.343. The summed E-state index contributed by atoms with van der Waals surface area (Å²) in [4.78, 5) is 27.2. The topological polar surface area (TPSA) is 101 Å². The van der Waals surface area contributed by atoms with Gasteiger partial charge in [0.05, 0.1) is 23.0 Å². The van der Waals surface area contributed by atoms with E-state index in [0.29, 0.717) is 23.1 Å². The first kappa shape index (κ1) is 23.9. The van der Waals surface area contributed by atoms with Crippen molar-refractivity contribution in [1.82, 2.24) is 19.9 Å². The van der Waals surface area contributed by atoms with Crippen molar-refractivity contribution < 1.29 is 36.2 Å². The predicted octanol–water partition coefficient (Wildman–Crippen LogP) is 5.87. The minimum Gasteiger partial charge on any atom is -0.477 e. The Morgan fingerprint density at radius 2 is 1.60 bits per heavy atom. The Morgan fingerprint density at radius 1 is 0.914 bits per heavy atom. The highest BCUT2D eigenvalue weighted by molar-refractivity contribution is 5.89. The fraction of sp³-hybridized carbons (Fsp3) is 0.136. The van der Waals surface area contributed by atoms with Gasteiger partial charge in [0, 0.05) is 11.4 Å². The molecule has 4 rings (SSSR count). The average molecular weight is 493 g/mol. The van der Waals surface area contributed by atoms with Crippen molar-refractivity contribution in [3.05, 3.63) is 71.2 Å². The molecule has 7 nitrogen and oxygen atoms in total. The summed E-state index contributed by atoms with van der Waals surface area (Å²) >= 11 is 0. The third-order valence-corrected chi connectivity index (χ3v) is 4.80. The van der Waals surface area contributed by atoms with Crippen LogP contribution in [0.2, 0.25) is 0 Å². The van der Waals surface area contributed by atoms with Crippen LogP contribution >= 0.6 is 0 Å². The van der Waals surface area contributed by atoms with Crippen LogP contribution in [0.1, 0.15) is 27.3 Å². The molecular weight excluding hydrogens is 480 g/mol. The number of nitrogens with zero attached hydrogens (tertiary/aromatic N) is 4. The summed E-state index contributed by atoms with van der Waals surface area (Å²) < 4.78 is 79.0. The van der Waals surface area contributed by atoms with E-state index in [1.54, 1.807) is 13.0 Å². The van der Waals surface area contributed by atoms with E-state index in [-0.39, 0.29) is 16.9 Å². The molecule has 0 unspecified atom stereocenters. The van der Waals surface area contributed by atoms with Crippen molar-refractivity contribution in [3.63, 3.8) is 0 Å². The molecule has 0 atom stereocenters. The minimum atomic E-state index is -4.84. The van der Waals surface area contributed by atoms with E-state index in [0.717, 1.165) is 24.4 Å². The van der Waals surface area contributed by atoms with Crippen molar-refractivity contribution in [2.45, 2.75) is 19.3 Å². The zero-order valence-electron chi connectivity index (χ0n) is 17.5. The third kappa shape index (κ3) is 4.98. The summed E-state index contributed by atoms with van der Waals surface area (Å²) in [6.45, 7) is 1.58. The summed E-state index contributed by atoms with van der Waals surface area (Å²) in [6, 6.07) is 7.08. The molecule has 0 fully saturated rings. The second-order valence-corrected chi connectivity index (χ2v) is 7.33. The Morgan fingerprint density at radius 3 is 2.20 bits per heavy atom. The molecule has 0 bridgehead atoms. The number of aryl methyl sites for hydroxylation is 1. The van der Waals surface area contributed by atoms with Gasteiger partial charge in [-0.3, -0.25) is 0 Å². The van der Waals surface area contributed by atoms with Crippen LogP contribution in [-0.2, 0) is 12.4 Å². The van der Waals surface area contributed by atoms with E-state index < -0.39 is 40.8 Å². The second kappa shape index (κ2) is 8.49. The maximum absolute atomic E-state index is 13.5. The van der Waals surface area contributed by atoms with Crippen LogP contribution in [0.3, 0.4) is 0 Å². The largest absolute Gasteiger partial charge is 0.477 e. The molecule has 3 aromatic heterocycles. The van der Waals surface area contributed by atoms with Gasteiger partial charge >= 0.3 is 18.3 Å². The first-order chi connectivity index (χ1) is 16.3. The van der Waals surface area contributed by atoms with Crippen LogP contribution in [0.25, 0.3) is 22.6 Å². The van der Waals surface area contributed by atoms with Gasteiger partial charge in [0.2, 0.25) is 0 Å². The molecule has 0 saturated heterocycles. The number of alkyl halides is 6. The van der Waals surface area contributed by atoms with Gasteiger partial charge in [0.15, 0.2) is 5.65 Å². The zero-order valence-corrected chi connectivity index (χ0v) is 17.5. The van der Waals surface area contributed by atoms with Gasteiger partial charge in [-0.1, -0.05) is 0 Å². The highest BCUT2D eigenvalue weighted by Gasteiger charge is 2.36. The molecule has 13 heteroatoms. The molecule has 180 valence electrons. The number of rotatable bonds is 4. The number of aromatic nitrogens is 4. The normalized spacial score (nSPS) is 12.1. The van der Waals surface area contributed by atoms with Gasteiger partial charge in [-0.25, -0.2) is 24.7 Å². The number of pyridine rings is 2. The molecule has 2 N–H and O–H groups in total. The lowest BCUT2D eigenvalue weighted by Crippen LogP contribution is -2.12. The first-order valence-electron chi connectivity index (χ1n) is 9.73. The zero-order chi connectivity index (χ0) is 25.5. The molecule has 0 aliphatic rings. The van der Waals surface area contributed by atoms with Gasteiger partial charge in [-0.05, 0) is 49.4 Å². The molecule has 1 aromatic carbocycles. The van der Waals surface area contributed by atoms with E-state index in [4.69, 9.17) is 5.11 Å². The maximum atomic E-state index is 13.5. The van der Waals surface area contributed by atoms with E-state index in [2.05, 4.69) is 25.3 Å². The predicted molar refractivity (Wildman–Crippen MR) is 112 cm³/mol. The van der Waals surface area contributed by atoms with Crippen molar-refractivity contribution >= 4 is 28.5 Å². The summed E-state index contributed by atoms with van der Waals surface area (Å²) in [7, 11) is 0. The van der Waals surface area contributed by atoms with E-state index >= 15 is 0 Å². The van der Waals surface area contributed by atoms with Gasteiger partial charge in [-0.15, -0.1) is 0 Å². The minimum absolute atomic E-state index is 0.0763. The number of fused-ring (bicyclic) bond motifs is 1. The SMILES string of the molecule is Cc1cc(Nc2ccc(C(F)(F)F)cc2)c2ncc(-c3nc(C(=O)O)ccc3C(F)(F)F)nc2n1. The summed E-state index contributed by atoms with van der Waals surface area (Å²) in [5.74, 6) is -1.52. The number of benzene rings is 1. The van der Waals surface area contributed by atoms with Gasteiger partial charge in [-0.2, -0.15) is 26.3 Å². The van der Waals surface area contributed by atoms with Crippen LogP contribution in [0.4, 0.5) is 37.7 Å². The average Bonchev–Trinajstić information content (AvgIpc) is 2.77. The number of carboxylic acids is 1. The monoisotopic (exact) mass is 493 g/mol. The summed E-state index contributed by atoms with van der Waals surface area (Å²) in [5, 5.41) is 12.0. The number of anilines is 2. The number of carbonyl (C=O) groups is 1. The summed E-state index contributed by atoms with van der Waals surface area (Å²) in [5.41, 5.74) is -2.70. The van der Waals surface area contributed by atoms with Gasteiger partial charge < -0.3 is 10.4 Å². The molecule has 4 aromatic rings. The van der Waals surface area contributed by atoms with Crippen molar-refractivity contribution in [2.75, 3.05) is 5.32 Å². The van der Waals surface area contributed by atoms with Crippen molar-refractivity contribution in [3.8, 4) is 11.4 Å². The number of halogens is 6. The molecule has 0 spiro atoms. The molecule has 0 radical (unpaired) electrons. The van der Waals surface area contributed by atoms with Crippen LogP contribution in [0.15, 0.2) is 48.7 Å². The molecular formula is C22H13F6N5O2. The first-order valence-corrected chi connectivity index (χ1v) is 9.73. The smallest absolute Gasteiger partial charge is 0.418 e. The van der Waals surface area contributed by atoms with Gasteiger partial charge in [0.1, 0.15) is 22.6 Å². The Balaban J connectivity index is 1.79. The number of carboxylic acid groups (broad SMARTS) is 1. The van der Waals surface area contributed by atoms with Crippen molar-refractivity contribution in [1.29, 1.82) is 0 Å².